The maximum Gasteiger partial charge on any atom is 0.240 e. The van der Waals surface area contributed by atoms with Crippen molar-refractivity contribution in [2.24, 2.45) is 5.92 Å². The van der Waals surface area contributed by atoms with Crippen molar-refractivity contribution in [2.45, 2.75) is 17.7 Å². The molecule has 1 saturated heterocycles. The van der Waals surface area contributed by atoms with Gasteiger partial charge in [0.25, 0.3) is 0 Å². The molecule has 0 unspecified atom stereocenters. The van der Waals surface area contributed by atoms with E-state index < -0.39 is 15.8 Å². The monoisotopic (exact) mass is 308 g/mol. The van der Waals surface area contributed by atoms with E-state index in [2.05, 4.69) is 10.0 Å². The Morgan fingerprint density at radius 1 is 1.21 bits per heavy atom. The number of halogens is 2. The lowest BCUT2D eigenvalue weighted by Gasteiger charge is -2.22. The maximum absolute atomic E-state index is 12.7. The third-order valence-electron chi connectivity index (χ3n) is 3.14. The van der Waals surface area contributed by atoms with Crippen molar-refractivity contribution < 1.29 is 12.8 Å². The Kier molecular flexibility index (Phi) is 6.19. The van der Waals surface area contributed by atoms with E-state index in [1.807, 2.05) is 0 Å². The van der Waals surface area contributed by atoms with E-state index >= 15 is 0 Å². The van der Waals surface area contributed by atoms with Gasteiger partial charge in [0.1, 0.15) is 5.82 Å². The molecule has 1 aromatic rings. The first-order valence-electron chi connectivity index (χ1n) is 6.04. The third-order valence-corrected chi connectivity index (χ3v) is 4.58. The Morgan fingerprint density at radius 2 is 1.79 bits per heavy atom. The molecule has 108 valence electrons. The summed E-state index contributed by atoms with van der Waals surface area (Å²) in [7, 11) is -3.51. The van der Waals surface area contributed by atoms with Crippen molar-refractivity contribution in [3.63, 3.8) is 0 Å². The van der Waals surface area contributed by atoms with Gasteiger partial charge in [0.05, 0.1) is 4.90 Å². The maximum atomic E-state index is 12.7. The topological polar surface area (TPSA) is 58.2 Å². The van der Waals surface area contributed by atoms with Crippen molar-refractivity contribution in [2.75, 3.05) is 19.6 Å². The zero-order valence-corrected chi connectivity index (χ0v) is 12.1. The van der Waals surface area contributed by atoms with E-state index in [0.29, 0.717) is 12.5 Å². The van der Waals surface area contributed by atoms with E-state index in [4.69, 9.17) is 0 Å². The number of piperidine rings is 1. The summed E-state index contributed by atoms with van der Waals surface area (Å²) in [5.74, 6) is -0.0613. The highest BCUT2D eigenvalue weighted by atomic mass is 35.5. The van der Waals surface area contributed by atoms with Crippen molar-refractivity contribution in [3.05, 3.63) is 30.1 Å². The number of benzene rings is 1. The summed E-state index contributed by atoms with van der Waals surface area (Å²) in [5, 5.41) is 3.23. The van der Waals surface area contributed by atoms with Gasteiger partial charge in [0, 0.05) is 6.54 Å². The fourth-order valence-electron chi connectivity index (χ4n) is 2.01. The van der Waals surface area contributed by atoms with Gasteiger partial charge in [0.15, 0.2) is 0 Å². The average Bonchev–Trinajstić information content (AvgIpc) is 2.38. The first kappa shape index (κ1) is 16.4. The fourth-order valence-corrected chi connectivity index (χ4v) is 3.13. The van der Waals surface area contributed by atoms with Gasteiger partial charge in [-0.15, -0.1) is 12.4 Å². The summed E-state index contributed by atoms with van der Waals surface area (Å²) in [6, 6.07) is 4.86. The van der Waals surface area contributed by atoms with E-state index in [1.54, 1.807) is 0 Å². The summed E-state index contributed by atoms with van der Waals surface area (Å²) < 4.78 is 39.2. The third kappa shape index (κ3) is 4.72. The standard InChI is InChI=1S/C12H17FN2O2S.ClH/c13-11-1-3-12(4-2-11)18(16,17)15-9-10-5-7-14-8-6-10;/h1-4,10,14-15H,5-9H2;1H. The highest BCUT2D eigenvalue weighted by Crippen LogP contribution is 2.13. The number of hydrogen-bond donors (Lipinski definition) is 2. The fraction of sp³-hybridized carbons (Fsp3) is 0.500. The number of hydrogen-bond acceptors (Lipinski definition) is 3. The zero-order valence-electron chi connectivity index (χ0n) is 10.4. The van der Waals surface area contributed by atoms with Crippen molar-refractivity contribution >= 4 is 22.4 Å². The van der Waals surface area contributed by atoms with Crippen LogP contribution in [0.25, 0.3) is 0 Å². The smallest absolute Gasteiger partial charge is 0.240 e. The molecule has 0 atom stereocenters. The first-order valence-corrected chi connectivity index (χ1v) is 7.52. The largest absolute Gasteiger partial charge is 0.317 e. The molecule has 0 aliphatic carbocycles. The van der Waals surface area contributed by atoms with Crippen LogP contribution in [0.15, 0.2) is 29.2 Å². The summed E-state index contributed by atoms with van der Waals surface area (Å²) in [6.07, 6.45) is 1.96. The van der Waals surface area contributed by atoms with Crippen LogP contribution in [0.5, 0.6) is 0 Å². The molecule has 0 spiro atoms. The van der Waals surface area contributed by atoms with Crippen LogP contribution in [-0.2, 0) is 10.0 Å². The molecule has 1 aliphatic rings. The van der Waals surface area contributed by atoms with E-state index in [9.17, 15) is 12.8 Å². The zero-order chi connectivity index (χ0) is 13.0. The molecule has 0 bridgehead atoms. The summed E-state index contributed by atoms with van der Waals surface area (Å²) >= 11 is 0. The molecule has 4 nitrogen and oxygen atoms in total. The van der Waals surface area contributed by atoms with Crippen LogP contribution < -0.4 is 10.0 Å². The van der Waals surface area contributed by atoms with E-state index in [0.717, 1.165) is 38.1 Å². The van der Waals surface area contributed by atoms with Gasteiger partial charge in [0.2, 0.25) is 10.0 Å². The van der Waals surface area contributed by atoms with Gasteiger partial charge in [-0.05, 0) is 56.1 Å². The molecule has 1 aliphatic heterocycles. The molecule has 1 fully saturated rings. The van der Waals surface area contributed by atoms with Crippen molar-refractivity contribution in [1.82, 2.24) is 10.0 Å². The molecule has 0 aromatic heterocycles. The summed E-state index contributed by atoms with van der Waals surface area (Å²) in [6.45, 7) is 2.31. The minimum atomic E-state index is -3.51. The molecule has 0 radical (unpaired) electrons. The van der Waals surface area contributed by atoms with Crippen LogP contribution in [0, 0.1) is 11.7 Å². The Hall–Kier alpha value is -0.690. The average molecular weight is 309 g/mol. The van der Waals surface area contributed by atoms with Crippen LogP contribution >= 0.6 is 12.4 Å². The Labute approximate surface area is 119 Å². The second-order valence-electron chi connectivity index (χ2n) is 4.50. The van der Waals surface area contributed by atoms with Crippen LogP contribution in [0.2, 0.25) is 0 Å². The van der Waals surface area contributed by atoms with Crippen LogP contribution in [-0.4, -0.2) is 28.1 Å². The minimum Gasteiger partial charge on any atom is -0.317 e. The lowest BCUT2D eigenvalue weighted by molar-refractivity contribution is 0.372. The first-order chi connectivity index (χ1) is 8.58. The predicted molar refractivity (Wildman–Crippen MR) is 74.4 cm³/mol. The second kappa shape index (κ2) is 7.19. The van der Waals surface area contributed by atoms with E-state index in [1.165, 1.54) is 12.1 Å². The Balaban J connectivity index is 0.00000180. The molecule has 2 rings (SSSR count). The lowest BCUT2D eigenvalue weighted by Crippen LogP contribution is -2.35. The molecule has 1 heterocycles. The molecule has 7 heteroatoms. The molecule has 2 N–H and O–H groups in total. The van der Waals surface area contributed by atoms with Gasteiger partial charge in [-0.2, -0.15) is 0 Å². The SMILES string of the molecule is Cl.O=S(=O)(NCC1CCNCC1)c1ccc(F)cc1. The predicted octanol–water partition coefficient (Wildman–Crippen LogP) is 1.53. The normalized spacial score (nSPS) is 16.9. The summed E-state index contributed by atoms with van der Waals surface area (Å²) in [4.78, 5) is 0.109. The molecule has 1 aromatic carbocycles. The molecule has 19 heavy (non-hydrogen) atoms. The van der Waals surface area contributed by atoms with Gasteiger partial charge < -0.3 is 5.32 Å². The Morgan fingerprint density at radius 3 is 2.37 bits per heavy atom. The number of rotatable bonds is 4. The highest BCUT2D eigenvalue weighted by Gasteiger charge is 2.18. The van der Waals surface area contributed by atoms with Gasteiger partial charge in [-0.1, -0.05) is 0 Å². The summed E-state index contributed by atoms with van der Waals surface area (Å²) in [5.41, 5.74) is 0. The van der Waals surface area contributed by atoms with Gasteiger partial charge >= 0.3 is 0 Å². The highest BCUT2D eigenvalue weighted by molar-refractivity contribution is 7.89. The minimum absolute atomic E-state index is 0. The molecular weight excluding hydrogens is 291 g/mol. The van der Waals surface area contributed by atoms with Crippen LogP contribution in [0.3, 0.4) is 0 Å². The van der Waals surface area contributed by atoms with Crippen LogP contribution in [0.1, 0.15) is 12.8 Å². The Bertz CT molecular complexity index is 487. The molecular formula is C12H18ClFN2O2S. The number of nitrogens with one attached hydrogen (secondary N) is 2. The quantitative estimate of drug-likeness (QED) is 0.887. The van der Waals surface area contributed by atoms with Crippen molar-refractivity contribution in [3.8, 4) is 0 Å². The molecule has 0 amide bonds. The van der Waals surface area contributed by atoms with E-state index in [-0.39, 0.29) is 17.3 Å². The lowest BCUT2D eigenvalue weighted by atomic mass is 9.99. The number of sulfonamides is 1. The van der Waals surface area contributed by atoms with Crippen molar-refractivity contribution in [1.29, 1.82) is 0 Å². The second-order valence-corrected chi connectivity index (χ2v) is 6.27. The molecule has 0 saturated carbocycles. The van der Waals surface area contributed by atoms with Gasteiger partial charge in [-0.25, -0.2) is 17.5 Å². The van der Waals surface area contributed by atoms with Crippen LogP contribution in [0.4, 0.5) is 4.39 Å². The van der Waals surface area contributed by atoms with Gasteiger partial charge in [-0.3, -0.25) is 0 Å².